The first-order valence-electron chi connectivity index (χ1n) is 5.08. The molecular formula is C10H15N3O3. The van der Waals surface area contributed by atoms with Crippen molar-refractivity contribution in [2.75, 3.05) is 11.9 Å². The van der Waals surface area contributed by atoms with Gasteiger partial charge in [-0.3, -0.25) is 10.1 Å². The summed E-state index contributed by atoms with van der Waals surface area (Å²) in [6.45, 7) is 3.53. The first-order chi connectivity index (χ1) is 7.58. The van der Waals surface area contributed by atoms with Crippen molar-refractivity contribution < 1.29 is 10.0 Å². The first-order valence-corrected chi connectivity index (χ1v) is 5.08. The summed E-state index contributed by atoms with van der Waals surface area (Å²) in [6.07, 6.45) is 0.758. The zero-order valence-corrected chi connectivity index (χ0v) is 9.30. The molecule has 0 aromatic carbocycles. The molecule has 0 unspecified atom stereocenters. The molecule has 1 heterocycles. The van der Waals surface area contributed by atoms with Crippen LogP contribution >= 0.6 is 0 Å². The van der Waals surface area contributed by atoms with E-state index >= 15 is 0 Å². The molecule has 0 saturated carbocycles. The minimum absolute atomic E-state index is 0.00240. The molecule has 0 aliphatic carbocycles. The van der Waals surface area contributed by atoms with Crippen molar-refractivity contribution in [1.82, 2.24) is 4.98 Å². The van der Waals surface area contributed by atoms with E-state index < -0.39 is 4.92 Å². The Hall–Kier alpha value is -1.69. The van der Waals surface area contributed by atoms with Gasteiger partial charge < -0.3 is 10.4 Å². The number of nitrogens with one attached hydrogen (secondary N) is 1. The highest BCUT2D eigenvalue weighted by atomic mass is 16.6. The highest BCUT2D eigenvalue weighted by Crippen LogP contribution is 2.18. The van der Waals surface area contributed by atoms with Crippen molar-refractivity contribution in [3.05, 3.63) is 27.9 Å². The van der Waals surface area contributed by atoms with Crippen molar-refractivity contribution in [3.63, 3.8) is 0 Å². The number of aromatic nitrogens is 1. The highest BCUT2D eigenvalue weighted by molar-refractivity contribution is 5.45. The lowest BCUT2D eigenvalue weighted by atomic mass is 10.2. The van der Waals surface area contributed by atoms with Gasteiger partial charge in [-0.25, -0.2) is 4.98 Å². The molecule has 1 atom stereocenters. The number of hydrogen-bond acceptors (Lipinski definition) is 5. The summed E-state index contributed by atoms with van der Waals surface area (Å²) < 4.78 is 0. The average Bonchev–Trinajstić information content (AvgIpc) is 2.25. The maximum atomic E-state index is 10.6. The monoisotopic (exact) mass is 225 g/mol. The molecule has 0 fully saturated rings. The number of aryl methyl sites for hydroxylation is 1. The second-order valence-corrected chi connectivity index (χ2v) is 3.49. The highest BCUT2D eigenvalue weighted by Gasteiger charge is 2.12. The van der Waals surface area contributed by atoms with Crippen LogP contribution in [0.2, 0.25) is 0 Å². The molecule has 1 aromatic heterocycles. The second kappa shape index (κ2) is 5.41. The molecule has 6 heteroatoms. The van der Waals surface area contributed by atoms with Crippen molar-refractivity contribution in [3.8, 4) is 0 Å². The SMILES string of the molecule is CC[C@@H](CO)Nc1ccc([N+](=O)[O-])c(C)n1. The van der Waals surface area contributed by atoms with E-state index in [1.165, 1.54) is 6.07 Å². The van der Waals surface area contributed by atoms with Gasteiger partial charge in [0.15, 0.2) is 0 Å². The summed E-state index contributed by atoms with van der Waals surface area (Å²) in [5, 5.41) is 22.6. The van der Waals surface area contributed by atoms with Gasteiger partial charge in [0, 0.05) is 6.07 Å². The van der Waals surface area contributed by atoms with E-state index in [0.29, 0.717) is 11.5 Å². The Labute approximate surface area is 93.5 Å². The zero-order valence-electron chi connectivity index (χ0n) is 9.30. The second-order valence-electron chi connectivity index (χ2n) is 3.49. The molecule has 2 N–H and O–H groups in total. The van der Waals surface area contributed by atoms with E-state index in [1.54, 1.807) is 13.0 Å². The Bertz CT molecular complexity index is 378. The number of nitrogens with zero attached hydrogens (tertiary/aromatic N) is 2. The van der Waals surface area contributed by atoms with E-state index in [1.807, 2.05) is 6.92 Å². The van der Waals surface area contributed by atoms with Gasteiger partial charge in [0.05, 0.1) is 17.6 Å². The van der Waals surface area contributed by atoms with Gasteiger partial charge in [-0.15, -0.1) is 0 Å². The normalized spacial score (nSPS) is 12.2. The maximum Gasteiger partial charge on any atom is 0.290 e. The molecule has 0 amide bonds. The summed E-state index contributed by atoms with van der Waals surface area (Å²) in [6, 6.07) is 2.88. The number of aliphatic hydroxyl groups excluding tert-OH is 1. The largest absolute Gasteiger partial charge is 0.394 e. The van der Waals surface area contributed by atoms with Gasteiger partial charge in [0.2, 0.25) is 0 Å². The van der Waals surface area contributed by atoms with Crippen molar-refractivity contribution >= 4 is 11.5 Å². The van der Waals surface area contributed by atoms with Crippen LogP contribution in [0.15, 0.2) is 12.1 Å². The van der Waals surface area contributed by atoms with Crippen LogP contribution in [0.4, 0.5) is 11.5 Å². The fourth-order valence-corrected chi connectivity index (χ4v) is 1.31. The molecule has 0 aliphatic heterocycles. The standard InChI is InChI=1S/C10H15N3O3/c1-3-8(6-14)12-10-5-4-9(13(15)16)7(2)11-10/h4-5,8,14H,3,6H2,1-2H3,(H,11,12)/t8-/m0/s1. The topological polar surface area (TPSA) is 88.3 Å². The van der Waals surface area contributed by atoms with E-state index in [4.69, 9.17) is 5.11 Å². The molecule has 6 nitrogen and oxygen atoms in total. The Morgan fingerprint density at radius 1 is 1.62 bits per heavy atom. The Balaban J connectivity index is 2.84. The summed E-state index contributed by atoms with van der Waals surface area (Å²) >= 11 is 0. The van der Waals surface area contributed by atoms with E-state index in [0.717, 1.165) is 6.42 Å². The number of hydrogen-bond donors (Lipinski definition) is 2. The van der Waals surface area contributed by atoms with Gasteiger partial charge in [0.25, 0.3) is 5.69 Å². The van der Waals surface area contributed by atoms with Gasteiger partial charge in [0.1, 0.15) is 11.5 Å². The summed E-state index contributed by atoms with van der Waals surface area (Å²) in [5.74, 6) is 0.545. The van der Waals surface area contributed by atoms with Crippen LogP contribution in [-0.2, 0) is 0 Å². The van der Waals surface area contributed by atoms with Crippen molar-refractivity contribution in [2.24, 2.45) is 0 Å². The fourth-order valence-electron chi connectivity index (χ4n) is 1.31. The van der Waals surface area contributed by atoms with Crippen molar-refractivity contribution in [2.45, 2.75) is 26.3 Å². The minimum atomic E-state index is -0.463. The number of anilines is 1. The molecule has 0 radical (unpaired) electrons. The number of nitro groups is 1. The Morgan fingerprint density at radius 3 is 2.75 bits per heavy atom. The minimum Gasteiger partial charge on any atom is -0.394 e. The Kier molecular flexibility index (Phi) is 4.19. The molecular weight excluding hydrogens is 210 g/mol. The quantitative estimate of drug-likeness (QED) is 0.585. The summed E-state index contributed by atoms with van der Waals surface area (Å²) in [7, 11) is 0. The third kappa shape index (κ3) is 2.90. The molecule has 88 valence electrons. The fraction of sp³-hybridized carbons (Fsp3) is 0.500. The van der Waals surface area contributed by atoms with E-state index in [9.17, 15) is 10.1 Å². The van der Waals surface area contributed by atoms with Gasteiger partial charge in [-0.2, -0.15) is 0 Å². The molecule has 0 bridgehead atoms. The van der Waals surface area contributed by atoms with E-state index in [2.05, 4.69) is 10.3 Å². The Morgan fingerprint density at radius 2 is 2.31 bits per heavy atom. The van der Waals surface area contributed by atoms with Crippen LogP contribution in [0.25, 0.3) is 0 Å². The average molecular weight is 225 g/mol. The van der Waals surface area contributed by atoms with Crippen LogP contribution in [0.3, 0.4) is 0 Å². The lowest BCUT2D eigenvalue weighted by Crippen LogP contribution is -2.23. The lowest BCUT2D eigenvalue weighted by Gasteiger charge is -2.14. The number of rotatable bonds is 5. The molecule has 0 saturated heterocycles. The summed E-state index contributed by atoms with van der Waals surface area (Å²) in [4.78, 5) is 14.2. The smallest absolute Gasteiger partial charge is 0.290 e. The van der Waals surface area contributed by atoms with Crippen LogP contribution in [-0.4, -0.2) is 27.7 Å². The van der Waals surface area contributed by atoms with Crippen molar-refractivity contribution in [1.29, 1.82) is 0 Å². The molecule has 1 aromatic rings. The number of aliphatic hydroxyl groups is 1. The van der Waals surface area contributed by atoms with Gasteiger partial charge in [-0.1, -0.05) is 6.92 Å². The van der Waals surface area contributed by atoms with Crippen LogP contribution in [0, 0.1) is 17.0 Å². The van der Waals surface area contributed by atoms with Crippen LogP contribution in [0.5, 0.6) is 0 Å². The predicted octanol–water partition coefficient (Wildman–Crippen LogP) is 1.48. The van der Waals surface area contributed by atoms with E-state index in [-0.39, 0.29) is 18.3 Å². The van der Waals surface area contributed by atoms with Gasteiger partial charge in [-0.05, 0) is 19.4 Å². The third-order valence-corrected chi connectivity index (χ3v) is 2.32. The first kappa shape index (κ1) is 12.4. The molecule has 1 rings (SSSR count). The zero-order chi connectivity index (χ0) is 12.1. The molecule has 0 spiro atoms. The van der Waals surface area contributed by atoms with Crippen LogP contribution in [0.1, 0.15) is 19.0 Å². The molecule has 0 aliphatic rings. The summed E-state index contributed by atoms with van der Waals surface area (Å²) in [5.41, 5.74) is 0.366. The number of pyridine rings is 1. The lowest BCUT2D eigenvalue weighted by molar-refractivity contribution is -0.385. The van der Waals surface area contributed by atoms with Crippen LogP contribution < -0.4 is 5.32 Å². The third-order valence-electron chi connectivity index (χ3n) is 2.32. The molecule has 16 heavy (non-hydrogen) atoms. The maximum absolute atomic E-state index is 10.6. The predicted molar refractivity (Wildman–Crippen MR) is 60.4 cm³/mol. The van der Waals surface area contributed by atoms with Gasteiger partial charge >= 0.3 is 0 Å².